The summed E-state index contributed by atoms with van der Waals surface area (Å²) in [6.45, 7) is 0.694. The number of esters is 1. The number of aromatic nitrogens is 1. The van der Waals surface area contributed by atoms with Crippen molar-refractivity contribution in [1.29, 1.82) is 0 Å². The number of fused-ring (bicyclic) bond motifs is 1. The molecule has 1 aromatic heterocycles. The van der Waals surface area contributed by atoms with Crippen LogP contribution in [-0.4, -0.2) is 49.5 Å². The van der Waals surface area contributed by atoms with Crippen molar-refractivity contribution in [1.82, 2.24) is 14.2 Å². The van der Waals surface area contributed by atoms with E-state index in [2.05, 4.69) is 4.72 Å². The van der Waals surface area contributed by atoms with Crippen LogP contribution >= 0.6 is 0 Å². The molecule has 0 radical (unpaired) electrons. The number of hydrogen-bond donors (Lipinski definition) is 1. The number of methoxy groups -OCH3 is 1. The summed E-state index contributed by atoms with van der Waals surface area (Å²) in [6.07, 6.45) is 5.15. The summed E-state index contributed by atoms with van der Waals surface area (Å²) in [6, 6.07) is 21.4. The highest BCUT2D eigenvalue weighted by molar-refractivity contribution is 7.89. The van der Waals surface area contributed by atoms with Gasteiger partial charge in [0.25, 0.3) is 0 Å². The first-order valence-electron chi connectivity index (χ1n) is 16.0. The lowest BCUT2D eigenvalue weighted by Gasteiger charge is -2.33. The number of hydrogen-bond acceptors (Lipinski definition) is 5. The normalized spacial score (nSPS) is 20.2. The Hall–Kier alpha value is -4.02. The molecule has 1 atom stereocenters. The summed E-state index contributed by atoms with van der Waals surface area (Å²) >= 11 is 0. The van der Waals surface area contributed by atoms with Crippen LogP contribution in [0.2, 0.25) is 0 Å². The predicted octanol–water partition coefficient (Wildman–Crippen LogP) is 6.29. The number of ether oxygens (including phenoxy) is 1. The van der Waals surface area contributed by atoms with Crippen LogP contribution in [0.15, 0.2) is 77.7 Å². The maximum Gasteiger partial charge on any atom is 0.305 e. The fraction of sp³-hybridized carbons (Fsp3) is 0.389. The Morgan fingerprint density at radius 1 is 0.935 bits per heavy atom. The van der Waals surface area contributed by atoms with Crippen LogP contribution in [0.25, 0.3) is 22.2 Å². The minimum Gasteiger partial charge on any atom is -0.469 e. The molecular weight excluding hydrogens is 605 g/mol. The molecular formula is C36H40FN3O5S. The number of amides is 1. The third-order valence-electron chi connectivity index (χ3n) is 9.61. The van der Waals surface area contributed by atoms with Gasteiger partial charge in [-0.3, -0.25) is 9.59 Å². The molecule has 2 aliphatic rings. The summed E-state index contributed by atoms with van der Waals surface area (Å²) in [7, 11) is -0.466. The lowest BCUT2D eigenvalue weighted by atomic mass is 9.85. The lowest BCUT2D eigenvalue weighted by molar-refractivity contribution is -0.140. The van der Waals surface area contributed by atoms with E-state index in [-0.39, 0.29) is 40.6 Å². The molecule has 1 N–H and O–H groups in total. The van der Waals surface area contributed by atoms with Gasteiger partial charge in [0, 0.05) is 48.6 Å². The van der Waals surface area contributed by atoms with Crippen LogP contribution in [0.4, 0.5) is 4.39 Å². The Labute approximate surface area is 269 Å². The van der Waals surface area contributed by atoms with Crippen LogP contribution < -0.4 is 4.72 Å². The van der Waals surface area contributed by atoms with Crippen molar-refractivity contribution in [2.45, 2.75) is 68.3 Å². The number of carbonyl (C=O) groups is 2. The standard InChI is InChI=1S/C36H40FN3O5S/c1-39-33(26-8-5-24(6-9-26)7-20-35(41)45-2)22-28-14-19-31(23-34(28)39)46(43,44)38-30-17-12-27(13-18-30)36(42)40-21-3-4-32(40)25-10-15-29(37)16-11-25/h5-6,8-11,14-16,19,22-23,27,30,32,38H,3-4,7,12-13,17-18,20-21H2,1-2H3. The summed E-state index contributed by atoms with van der Waals surface area (Å²) < 4.78 is 50.1. The average molecular weight is 646 g/mol. The minimum absolute atomic E-state index is 0.0327. The van der Waals surface area contributed by atoms with Gasteiger partial charge in [-0.05, 0) is 92.0 Å². The van der Waals surface area contributed by atoms with E-state index in [4.69, 9.17) is 4.74 Å². The van der Waals surface area contributed by atoms with Gasteiger partial charge in [-0.25, -0.2) is 17.5 Å². The van der Waals surface area contributed by atoms with E-state index in [9.17, 15) is 22.4 Å². The van der Waals surface area contributed by atoms with E-state index in [1.165, 1.54) is 19.2 Å². The van der Waals surface area contributed by atoms with Crippen molar-refractivity contribution in [3.63, 3.8) is 0 Å². The second-order valence-electron chi connectivity index (χ2n) is 12.5. The first-order chi connectivity index (χ1) is 22.1. The van der Waals surface area contributed by atoms with Gasteiger partial charge in [0.1, 0.15) is 5.82 Å². The van der Waals surface area contributed by atoms with Crippen molar-refractivity contribution >= 4 is 32.8 Å². The molecule has 1 amide bonds. The molecule has 0 bridgehead atoms. The Bertz CT molecular complexity index is 1830. The monoisotopic (exact) mass is 645 g/mol. The van der Waals surface area contributed by atoms with Crippen LogP contribution in [-0.2, 0) is 37.8 Å². The average Bonchev–Trinajstić information content (AvgIpc) is 3.69. The molecule has 1 unspecified atom stereocenters. The van der Waals surface area contributed by atoms with E-state index in [0.717, 1.165) is 46.1 Å². The summed E-state index contributed by atoms with van der Waals surface area (Å²) in [5, 5.41) is 0.936. The topological polar surface area (TPSA) is 97.7 Å². The number of carbonyl (C=O) groups excluding carboxylic acids is 2. The van der Waals surface area contributed by atoms with E-state index in [0.29, 0.717) is 45.1 Å². The molecule has 8 nitrogen and oxygen atoms in total. The number of rotatable bonds is 9. The molecule has 6 rings (SSSR count). The quantitative estimate of drug-likeness (QED) is 0.216. The molecule has 1 aliphatic carbocycles. The zero-order valence-corrected chi connectivity index (χ0v) is 27.1. The highest BCUT2D eigenvalue weighted by Gasteiger charge is 2.36. The number of nitrogens with zero attached hydrogens (tertiary/aromatic N) is 2. The second-order valence-corrected chi connectivity index (χ2v) is 14.2. The van der Waals surface area contributed by atoms with Gasteiger partial charge in [0.05, 0.1) is 18.0 Å². The number of nitrogens with one attached hydrogen (secondary N) is 1. The molecule has 2 fully saturated rings. The largest absolute Gasteiger partial charge is 0.469 e. The van der Waals surface area contributed by atoms with Crippen molar-refractivity contribution < 1.29 is 27.1 Å². The Morgan fingerprint density at radius 3 is 2.35 bits per heavy atom. The van der Waals surface area contributed by atoms with Crippen LogP contribution in [0.5, 0.6) is 0 Å². The lowest BCUT2D eigenvalue weighted by Crippen LogP contribution is -2.42. The smallest absolute Gasteiger partial charge is 0.305 e. The number of aryl methyl sites for hydroxylation is 2. The third kappa shape index (κ3) is 6.73. The predicted molar refractivity (Wildman–Crippen MR) is 175 cm³/mol. The zero-order valence-electron chi connectivity index (χ0n) is 26.2. The fourth-order valence-electron chi connectivity index (χ4n) is 6.99. The van der Waals surface area contributed by atoms with E-state index >= 15 is 0 Å². The van der Waals surface area contributed by atoms with Gasteiger partial charge in [-0.2, -0.15) is 0 Å². The van der Waals surface area contributed by atoms with E-state index in [1.54, 1.807) is 24.3 Å². The molecule has 1 aliphatic heterocycles. The molecule has 1 saturated carbocycles. The number of halogens is 1. The van der Waals surface area contributed by atoms with Crippen LogP contribution in [0.3, 0.4) is 0 Å². The van der Waals surface area contributed by atoms with Crippen LogP contribution in [0, 0.1) is 11.7 Å². The molecule has 242 valence electrons. The minimum atomic E-state index is -3.77. The van der Waals surface area contributed by atoms with Gasteiger partial charge in [0.2, 0.25) is 15.9 Å². The van der Waals surface area contributed by atoms with Gasteiger partial charge >= 0.3 is 5.97 Å². The summed E-state index contributed by atoms with van der Waals surface area (Å²) in [5.74, 6) is -0.544. The molecule has 0 spiro atoms. The van der Waals surface area contributed by atoms with Crippen molar-refractivity contribution in [2.75, 3.05) is 13.7 Å². The van der Waals surface area contributed by atoms with Gasteiger partial charge < -0.3 is 14.2 Å². The Kier molecular flexibility index (Phi) is 9.29. The zero-order chi connectivity index (χ0) is 32.4. The molecule has 46 heavy (non-hydrogen) atoms. The second kappa shape index (κ2) is 13.4. The molecule has 10 heteroatoms. The van der Waals surface area contributed by atoms with Gasteiger partial charge in [0.15, 0.2) is 0 Å². The molecule has 2 heterocycles. The highest BCUT2D eigenvalue weighted by atomic mass is 32.2. The van der Waals surface area contributed by atoms with Crippen LogP contribution in [0.1, 0.15) is 62.1 Å². The number of likely N-dealkylation sites (tertiary alicyclic amines) is 1. The fourth-order valence-corrected chi connectivity index (χ4v) is 8.31. The summed E-state index contributed by atoms with van der Waals surface area (Å²) in [5.41, 5.74) is 4.76. The maximum atomic E-state index is 13.5. The number of benzene rings is 3. The number of sulfonamides is 1. The first-order valence-corrected chi connectivity index (χ1v) is 17.4. The maximum absolute atomic E-state index is 13.5. The van der Waals surface area contributed by atoms with Crippen molar-refractivity contribution in [3.05, 3.63) is 89.7 Å². The molecule has 1 saturated heterocycles. The Morgan fingerprint density at radius 2 is 1.65 bits per heavy atom. The SMILES string of the molecule is COC(=O)CCc1ccc(-c2cc3ccc(S(=O)(=O)NC4CCC(C(=O)N5CCCC5c5ccc(F)cc5)CC4)cc3n2C)cc1. The van der Waals surface area contributed by atoms with E-state index < -0.39 is 10.0 Å². The first kappa shape index (κ1) is 31.9. The molecule has 3 aromatic carbocycles. The van der Waals surface area contributed by atoms with Crippen molar-refractivity contribution in [3.8, 4) is 11.3 Å². The van der Waals surface area contributed by atoms with E-state index in [1.807, 2.05) is 52.9 Å². The van der Waals surface area contributed by atoms with Crippen molar-refractivity contribution in [2.24, 2.45) is 13.0 Å². The van der Waals surface area contributed by atoms with Gasteiger partial charge in [-0.1, -0.05) is 42.5 Å². The third-order valence-corrected chi connectivity index (χ3v) is 11.1. The Balaban J connectivity index is 1.09. The molecule has 4 aromatic rings. The van der Waals surface area contributed by atoms with Gasteiger partial charge in [-0.15, -0.1) is 0 Å². The summed E-state index contributed by atoms with van der Waals surface area (Å²) in [4.78, 5) is 27.1. The highest BCUT2D eigenvalue weighted by Crippen LogP contribution is 2.36.